The third-order valence-corrected chi connectivity index (χ3v) is 5.23. The first-order chi connectivity index (χ1) is 15.3. The van der Waals surface area contributed by atoms with E-state index in [4.69, 9.17) is 0 Å². The number of fused-ring (bicyclic) bond motifs is 1. The Morgan fingerprint density at radius 1 is 1.03 bits per heavy atom. The molecule has 0 fully saturated rings. The summed E-state index contributed by atoms with van der Waals surface area (Å²) < 4.78 is 56.0. The van der Waals surface area contributed by atoms with Gasteiger partial charge in [0.25, 0.3) is 5.91 Å². The van der Waals surface area contributed by atoms with Crippen LogP contribution in [0.25, 0.3) is 5.69 Å². The van der Waals surface area contributed by atoms with Gasteiger partial charge in [0.15, 0.2) is 5.69 Å². The second-order valence-corrected chi connectivity index (χ2v) is 7.62. The maximum atomic E-state index is 13.3. The molecule has 0 atom stereocenters. The highest BCUT2D eigenvalue weighted by atomic mass is 19.4. The van der Waals surface area contributed by atoms with Crippen LogP contribution in [0.1, 0.15) is 39.3 Å². The predicted molar refractivity (Wildman–Crippen MR) is 109 cm³/mol. The van der Waals surface area contributed by atoms with Crippen molar-refractivity contribution in [3.63, 3.8) is 0 Å². The van der Waals surface area contributed by atoms with Gasteiger partial charge in [0.05, 0.1) is 12.3 Å². The Bertz CT molecular complexity index is 1090. The van der Waals surface area contributed by atoms with E-state index in [1.165, 1.54) is 12.1 Å². The van der Waals surface area contributed by atoms with E-state index in [-0.39, 0.29) is 24.9 Å². The van der Waals surface area contributed by atoms with E-state index in [9.17, 15) is 22.4 Å². The Kier molecular flexibility index (Phi) is 6.27. The van der Waals surface area contributed by atoms with Gasteiger partial charge in [0.2, 0.25) is 0 Å². The van der Waals surface area contributed by atoms with E-state index in [0.29, 0.717) is 16.9 Å². The zero-order valence-electron chi connectivity index (χ0n) is 17.1. The Morgan fingerprint density at radius 2 is 1.72 bits per heavy atom. The van der Waals surface area contributed by atoms with Crippen molar-refractivity contribution in [2.75, 3.05) is 6.61 Å². The van der Waals surface area contributed by atoms with Crippen LogP contribution >= 0.6 is 0 Å². The molecule has 5 nitrogen and oxygen atoms in total. The Balaban J connectivity index is 1.39. The SMILES string of the molecule is O=C(NCc1ccc(COCC(F)(F)F)cc1)c1nn(-c2ccc(F)cc2)c2c1CCC2. The lowest BCUT2D eigenvalue weighted by atomic mass is 10.1. The van der Waals surface area contributed by atoms with Crippen LogP contribution in [0.4, 0.5) is 17.6 Å². The molecule has 0 saturated carbocycles. The van der Waals surface area contributed by atoms with E-state index in [0.717, 1.165) is 36.1 Å². The zero-order valence-corrected chi connectivity index (χ0v) is 17.1. The van der Waals surface area contributed by atoms with Crippen LogP contribution in [0.2, 0.25) is 0 Å². The number of benzene rings is 2. The van der Waals surface area contributed by atoms with Crippen molar-refractivity contribution >= 4 is 5.91 Å². The Labute approximate surface area is 182 Å². The van der Waals surface area contributed by atoms with Gasteiger partial charge in [-0.2, -0.15) is 18.3 Å². The number of amides is 1. The highest BCUT2D eigenvalue weighted by Crippen LogP contribution is 2.28. The molecule has 9 heteroatoms. The zero-order chi connectivity index (χ0) is 22.7. The molecule has 1 aromatic heterocycles. The lowest BCUT2D eigenvalue weighted by molar-refractivity contribution is -0.176. The van der Waals surface area contributed by atoms with Crippen molar-refractivity contribution in [3.05, 3.63) is 82.4 Å². The van der Waals surface area contributed by atoms with Crippen molar-refractivity contribution in [2.45, 2.75) is 38.6 Å². The van der Waals surface area contributed by atoms with Crippen LogP contribution in [-0.2, 0) is 30.7 Å². The van der Waals surface area contributed by atoms with Gasteiger partial charge in [0.1, 0.15) is 12.4 Å². The number of halogens is 4. The minimum absolute atomic E-state index is 0.140. The molecule has 32 heavy (non-hydrogen) atoms. The largest absolute Gasteiger partial charge is 0.411 e. The van der Waals surface area contributed by atoms with Crippen molar-refractivity contribution < 1.29 is 27.1 Å². The van der Waals surface area contributed by atoms with Gasteiger partial charge in [-0.25, -0.2) is 9.07 Å². The number of ether oxygens (including phenoxy) is 1. The molecule has 1 heterocycles. The Hall–Kier alpha value is -3.20. The molecular weight excluding hydrogens is 426 g/mol. The number of rotatable bonds is 7. The average Bonchev–Trinajstić information content (AvgIpc) is 3.36. The highest BCUT2D eigenvalue weighted by molar-refractivity contribution is 5.94. The summed E-state index contributed by atoms with van der Waals surface area (Å²) in [4.78, 5) is 12.8. The second kappa shape index (κ2) is 9.12. The van der Waals surface area contributed by atoms with Gasteiger partial charge >= 0.3 is 6.18 Å². The number of nitrogens with one attached hydrogen (secondary N) is 1. The lowest BCUT2D eigenvalue weighted by Gasteiger charge is -2.09. The van der Waals surface area contributed by atoms with Gasteiger partial charge in [-0.05, 0) is 54.7 Å². The van der Waals surface area contributed by atoms with Gasteiger partial charge < -0.3 is 10.1 Å². The lowest BCUT2D eigenvalue weighted by Crippen LogP contribution is -2.24. The van der Waals surface area contributed by atoms with Crippen LogP contribution in [0.3, 0.4) is 0 Å². The van der Waals surface area contributed by atoms with Gasteiger partial charge in [-0.15, -0.1) is 0 Å². The number of alkyl halides is 3. The van der Waals surface area contributed by atoms with Gasteiger partial charge in [-0.1, -0.05) is 24.3 Å². The third kappa shape index (κ3) is 5.16. The molecule has 2 aromatic carbocycles. The smallest absolute Gasteiger partial charge is 0.367 e. The van der Waals surface area contributed by atoms with E-state index in [1.807, 2.05) is 0 Å². The van der Waals surface area contributed by atoms with E-state index >= 15 is 0 Å². The van der Waals surface area contributed by atoms with E-state index < -0.39 is 12.8 Å². The molecule has 0 spiro atoms. The molecule has 168 valence electrons. The highest BCUT2D eigenvalue weighted by Gasteiger charge is 2.28. The van der Waals surface area contributed by atoms with Crippen LogP contribution < -0.4 is 5.32 Å². The molecule has 0 bridgehead atoms. The fourth-order valence-electron chi connectivity index (χ4n) is 3.72. The molecule has 1 amide bonds. The molecule has 0 unspecified atom stereocenters. The van der Waals surface area contributed by atoms with Crippen molar-refractivity contribution in [2.24, 2.45) is 0 Å². The molecule has 0 saturated heterocycles. The average molecular weight is 447 g/mol. The maximum Gasteiger partial charge on any atom is 0.411 e. The summed E-state index contributed by atoms with van der Waals surface area (Å²) in [6, 6.07) is 12.8. The molecule has 1 aliphatic rings. The van der Waals surface area contributed by atoms with Gasteiger partial charge in [-0.3, -0.25) is 4.79 Å². The summed E-state index contributed by atoms with van der Waals surface area (Å²) in [6.07, 6.45) is -1.88. The van der Waals surface area contributed by atoms with Crippen LogP contribution in [0, 0.1) is 5.82 Å². The maximum absolute atomic E-state index is 13.3. The van der Waals surface area contributed by atoms with E-state index in [2.05, 4.69) is 15.2 Å². The summed E-state index contributed by atoms with van der Waals surface area (Å²) in [6.45, 7) is -1.18. The third-order valence-electron chi connectivity index (χ3n) is 5.23. The fourth-order valence-corrected chi connectivity index (χ4v) is 3.72. The van der Waals surface area contributed by atoms with Crippen LogP contribution in [0.15, 0.2) is 48.5 Å². The Morgan fingerprint density at radius 3 is 2.41 bits per heavy atom. The number of nitrogens with zero attached hydrogens (tertiary/aromatic N) is 2. The second-order valence-electron chi connectivity index (χ2n) is 7.62. The first-order valence-corrected chi connectivity index (χ1v) is 10.2. The van der Waals surface area contributed by atoms with Crippen molar-refractivity contribution in [1.82, 2.24) is 15.1 Å². The normalized spacial score (nSPS) is 13.2. The van der Waals surface area contributed by atoms with E-state index in [1.54, 1.807) is 41.1 Å². The molecule has 1 aliphatic carbocycles. The molecule has 0 radical (unpaired) electrons. The first kappa shape index (κ1) is 22.0. The minimum Gasteiger partial charge on any atom is -0.367 e. The molecule has 3 aromatic rings. The summed E-state index contributed by atoms with van der Waals surface area (Å²) in [7, 11) is 0. The fraction of sp³-hybridized carbons (Fsp3) is 0.304. The predicted octanol–water partition coefficient (Wildman–Crippen LogP) is 4.51. The molecule has 4 rings (SSSR count). The summed E-state index contributed by atoms with van der Waals surface area (Å²) >= 11 is 0. The number of hydrogen-bond acceptors (Lipinski definition) is 3. The monoisotopic (exact) mass is 447 g/mol. The number of aromatic nitrogens is 2. The molecule has 0 aliphatic heterocycles. The summed E-state index contributed by atoms with van der Waals surface area (Å²) in [5.41, 5.74) is 4.34. The van der Waals surface area contributed by atoms with Crippen LogP contribution in [-0.4, -0.2) is 28.5 Å². The molecule has 1 N–H and O–H groups in total. The number of carbonyl (C=O) groups excluding carboxylic acids is 1. The topological polar surface area (TPSA) is 56.1 Å². The van der Waals surface area contributed by atoms with Crippen LogP contribution in [0.5, 0.6) is 0 Å². The number of hydrogen-bond donors (Lipinski definition) is 1. The first-order valence-electron chi connectivity index (χ1n) is 10.2. The minimum atomic E-state index is -4.35. The van der Waals surface area contributed by atoms with Gasteiger partial charge in [0, 0.05) is 17.8 Å². The quantitative estimate of drug-likeness (QED) is 0.543. The summed E-state index contributed by atoms with van der Waals surface area (Å²) in [5, 5.41) is 7.33. The molecular formula is C23H21F4N3O2. The summed E-state index contributed by atoms with van der Waals surface area (Å²) in [5.74, 6) is -0.643. The van der Waals surface area contributed by atoms with Crippen molar-refractivity contribution in [1.29, 1.82) is 0 Å². The van der Waals surface area contributed by atoms with Crippen molar-refractivity contribution in [3.8, 4) is 5.69 Å². The number of carbonyl (C=O) groups is 1. The standard InChI is InChI=1S/C23H21F4N3O2/c24-17-8-10-18(11-9-17)30-20-3-1-2-19(20)21(29-30)22(31)28-12-15-4-6-16(7-5-15)13-32-14-23(25,26)27/h4-11H,1-3,12-14H2,(H,28,31).